The number of aryl methyl sites for hydroxylation is 1. The second-order valence-electron chi connectivity index (χ2n) is 6.37. The number of para-hydroxylation sites is 1. The molecule has 0 fully saturated rings. The van der Waals surface area contributed by atoms with Gasteiger partial charge < -0.3 is 10.0 Å². The predicted octanol–water partition coefficient (Wildman–Crippen LogP) is 3.31. The largest absolute Gasteiger partial charge is 0.395 e. The van der Waals surface area contributed by atoms with Gasteiger partial charge in [0.2, 0.25) is 0 Å². The van der Waals surface area contributed by atoms with E-state index in [2.05, 4.69) is 15.0 Å². The quantitative estimate of drug-likeness (QED) is 0.855. The molecule has 1 aliphatic heterocycles. The summed E-state index contributed by atoms with van der Waals surface area (Å²) < 4.78 is 0. The smallest absolute Gasteiger partial charge is 0.299 e. The van der Waals surface area contributed by atoms with Crippen molar-refractivity contribution in [2.75, 3.05) is 29.6 Å². The van der Waals surface area contributed by atoms with Gasteiger partial charge >= 0.3 is 0 Å². The maximum Gasteiger partial charge on any atom is 0.299 e. The van der Waals surface area contributed by atoms with E-state index in [0.29, 0.717) is 18.0 Å². The Morgan fingerprint density at radius 1 is 1.15 bits per heavy atom. The summed E-state index contributed by atoms with van der Waals surface area (Å²) in [7, 11) is 0. The van der Waals surface area contributed by atoms with Gasteiger partial charge in [0.05, 0.1) is 23.7 Å². The number of likely N-dealkylation sites (N-methyl/N-ethyl adjacent to an activating group) is 1. The zero-order valence-corrected chi connectivity index (χ0v) is 15.9. The van der Waals surface area contributed by atoms with Crippen LogP contribution in [0.5, 0.6) is 0 Å². The topological polar surface area (TPSA) is 68.5 Å². The van der Waals surface area contributed by atoms with Crippen LogP contribution in [0.1, 0.15) is 19.4 Å². The van der Waals surface area contributed by atoms with Gasteiger partial charge in [0, 0.05) is 18.8 Å². The Bertz CT molecular complexity index is 890. The molecule has 1 heterocycles. The minimum absolute atomic E-state index is 0.108. The molecule has 0 aliphatic carbocycles. The molecular weight excluding hydrogens is 340 g/mol. The lowest BCUT2D eigenvalue weighted by molar-refractivity contribution is -0.112. The van der Waals surface area contributed by atoms with E-state index in [9.17, 15) is 9.90 Å². The molecule has 0 radical (unpaired) electrons. The van der Waals surface area contributed by atoms with E-state index in [1.54, 1.807) is 6.92 Å². The Labute approximate surface area is 159 Å². The number of carbonyl (C=O) groups is 1. The summed E-state index contributed by atoms with van der Waals surface area (Å²) in [5, 5.41) is 15.0. The van der Waals surface area contributed by atoms with E-state index < -0.39 is 0 Å². The summed E-state index contributed by atoms with van der Waals surface area (Å²) in [6.45, 7) is 7.31. The molecule has 1 N–H and O–H groups in total. The first-order valence-electron chi connectivity index (χ1n) is 9.05. The molecule has 1 aliphatic rings. The maximum absolute atomic E-state index is 12.8. The van der Waals surface area contributed by atoms with Crippen LogP contribution in [0, 0.1) is 6.92 Å². The first kappa shape index (κ1) is 18.8. The number of hydrogen-bond acceptors (Lipinski definition) is 5. The van der Waals surface area contributed by atoms with Crippen LogP contribution in [-0.4, -0.2) is 42.1 Å². The molecule has 27 heavy (non-hydrogen) atoms. The zero-order chi connectivity index (χ0) is 19.4. The molecule has 0 bridgehead atoms. The average Bonchev–Trinajstić information content (AvgIpc) is 2.96. The second-order valence-corrected chi connectivity index (χ2v) is 6.37. The number of anilines is 2. The van der Waals surface area contributed by atoms with Gasteiger partial charge in [-0.3, -0.25) is 4.79 Å². The summed E-state index contributed by atoms with van der Waals surface area (Å²) in [5.74, 6) is -0.224. The lowest BCUT2D eigenvalue weighted by Crippen LogP contribution is -2.27. The first-order chi connectivity index (χ1) is 13.0. The van der Waals surface area contributed by atoms with Gasteiger partial charge in [0.1, 0.15) is 0 Å². The number of benzene rings is 2. The highest BCUT2D eigenvalue weighted by molar-refractivity contribution is 6.71. The van der Waals surface area contributed by atoms with Gasteiger partial charge in [-0.1, -0.05) is 18.2 Å². The van der Waals surface area contributed by atoms with E-state index >= 15 is 0 Å². The fourth-order valence-electron chi connectivity index (χ4n) is 3.04. The predicted molar refractivity (Wildman–Crippen MR) is 110 cm³/mol. The lowest BCUT2D eigenvalue weighted by Gasteiger charge is -2.22. The summed E-state index contributed by atoms with van der Waals surface area (Å²) in [6.07, 6.45) is 0. The van der Waals surface area contributed by atoms with Crippen molar-refractivity contribution in [3.8, 4) is 0 Å². The van der Waals surface area contributed by atoms with Crippen molar-refractivity contribution in [1.29, 1.82) is 0 Å². The number of aliphatic hydroxyl groups is 1. The van der Waals surface area contributed by atoms with Gasteiger partial charge in [0.15, 0.2) is 5.71 Å². The van der Waals surface area contributed by atoms with E-state index in [-0.39, 0.29) is 12.5 Å². The van der Waals surface area contributed by atoms with Crippen LogP contribution in [0.15, 0.2) is 58.6 Å². The van der Waals surface area contributed by atoms with Crippen molar-refractivity contribution in [3.63, 3.8) is 0 Å². The highest BCUT2D eigenvalue weighted by Crippen LogP contribution is 2.27. The third kappa shape index (κ3) is 3.90. The first-order valence-corrected chi connectivity index (χ1v) is 9.05. The monoisotopic (exact) mass is 364 g/mol. The number of amides is 1. The van der Waals surface area contributed by atoms with E-state index in [1.807, 2.05) is 62.4 Å². The van der Waals surface area contributed by atoms with Gasteiger partial charge in [-0.05, 0) is 56.7 Å². The Balaban J connectivity index is 1.89. The fraction of sp³-hybridized carbons (Fsp3) is 0.286. The molecule has 6 nitrogen and oxygen atoms in total. The number of hydrazone groups is 1. The van der Waals surface area contributed by atoms with Crippen LogP contribution < -0.4 is 9.91 Å². The van der Waals surface area contributed by atoms with Crippen molar-refractivity contribution in [2.45, 2.75) is 20.8 Å². The van der Waals surface area contributed by atoms with E-state index in [1.165, 1.54) is 5.01 Å². The molecule has 2 aromatic carbocycles. The molecular formula is C21H24N4O2. The summed E-state index contributed by atoms with van der Waals surface area (Å²) >= 11 is 0. The van der Waals surface area contributed by atoms with Crippen LogP contribution in [0.25, 0.3) is 0 Å². The van der Waals surface area contributed by atoms with Gasteiger partial charge in [0.25, 0.3) is 5.91 Å². The second kappa shape index (κ2) is 8.14. The third-order valence-corrected chi connectivity index (χ3v) is 4.52. The minimum Gasteiger partial charge on any atom is -0.395 e. The van der Waals surface area contributed by atoms with Crippen molar-refractivity contribution < 1.29 is 9.90 Å². The van der Waals surface area contributed by atoms with Gasteiger partial charge in [-0.25, -0.2) is 4.99 Å². The zero-order valence-electron chi connectivity index (χ0n) is 15.9. The van der Waals surface area contributed by atoms with Crippen LogP contribution >= 0.6 is 0 Å². The van der Waals surface area contributed by atoms with Crippen LogP contribution in [-0.2, 0) is 4.79 Å². The minimum atomic E-state index is -0.224. The van der Waals surface area contributed by atoms with Gasteiger partial charge in [-0.2, -0.15) is 10.1 Å². The summed E-state index contributed by atoms with van der Waals surface area (Å²) in [4.78, 5) is 19.5. The van der Waals surface area contributed by atoms with Crippen molar-refractivity contribution in [2.24, 2.45) is 10.1 Å². The molecule has 6 heteroatoms. The Morgan fingerprint density at radius 2 is 1.89 bits per heavy atom. The molecule has 0 aromatic heterocycles. The normalized spacial score (nSPS) is 15.4. The van der Waals surface area contributed by atoms with E-state index in [0.717, 1.165) is 29.2 Å². The molecule has 0 saturated heterocycles. The SMILES string of the molecule is CCN(CCO)c1ccc(N=C2C(=O)N(c3ccccc3)N=C2C)c(C)c1. The van der Waals surface area contributed by atoms with Crippen LogP contribution in [0.4, 0.5) is 17.1 Å². The number of nitrogens with zero attached hydrogens (tertiary/aromatic N) is 4. The van der Waals surface area contributed by atoms with Crippen molar-refractivity contribution in [3.05, 3.63) is 54.1 Å². The van der Waals surface area contributed by atoms with Crippen molar-refractivity contribution in [1.82, 2.24) is 0 Å². The Hall–Kier alpha value is -2.99. The highest BCUT2D eigenvalue weighted by Gasteiger charge is 2.30. The van der Waals surface area contributed by atoms with Crippen LogP contribution in [0.3, 0.4) is 0 Å². The number of rotatable bonds is 6. The Morgan fingerprint density at radius 3 is 2.52 bits per heavy atom. The molecule has 0 atom stereocenters. The standard InChI is InChI=1S/C21H24N4O2/c1-4-24(12-13-26)18-10-11-19(15(2)14-18)22-20-16(3)23-25(21(20)27)17-8-6-5-7-9-17/h5-11,14,26H,4,12-13H2,1-3H3. The summed E-state index contributed by atoms with van der Waals surface area (Å²) in [5.41, 5.74) is 4.42. The molecule has 3 rings (SSSR count). The Kier molecular flexibility index (Phi) is 5.66. The molecule has 0 unspecified atom stereocenters. The highest BCUT2D eigenvalue weighted by atomic mass is 16.3. The average molecular weight is 364 g/mol. The number of hydrogen-bond donors (Lipinski definition) is 1. The fourth-order valence-corrected chi connectivity index (χ4v) is 3.04. The maximum atomic E-state index is 12.8. The van der Waals surface area contributed by atoms with Crippen molar-refractivity contribution >= 4 is 34.4 Å². The molecule has 2 aromatic rings. The number of carbonyl (C=O) groups excluding carboxylic acids is 1. The molecule has 1 amide bonds. The molecule has 140 valence electrons. The molecule has 0 saturated carbocycles. The lowest BCUT2D eigenvalue weighted by atomic mass is 10.1. The number of aliphatic hydroxyl groups excluding tert-OH is 1. The van der Waals surface area contributed by atoms with Gasteiger partial charge in [-0.15, -0.1) is 0 Å². The van der Waals surface area contributed by atoms with E-state index in [4.69, 9.17) is 0 Å². The molecule has 0 spiro atoms. The van der Waals surface area contributed by atoms with Crippen LogP contribution in [0.2, 0.25) is 0 Å². The summed E-state index contributed by atoms with van der Waals surface area (Å²) in [6, 6.07) is 15.2. The third-order valence-electron chi connectivity index (χ3n) is 4.52. The number of aliphatic imine (C=N–C) groups is 1.